The van der Waals surface area contributed by atoms with Crippen molar-refractivity contribution in [2.75, 3.05) is 0 Å². The molecule has 0 aliphatic heterocycles. The van der Waals surface area contributed by atoms with E-state index in [2.05, 4.69) is 186 Å². The maximum atomic E-state index is 5.42. The standard InChI is InChI=1S/C49H57N3/c1-45(2,3)39-25-19-24-35(27-39)37-26-38(36-28-40(46(4,5)6)30-41(29-36)47(7,8)9)32-49(31-37,48(10,11)12)44-51-42(33-20-15-13-16-21-33)50-43(52-44)34-22-17-14-18-23-34/h13-31H,32H2,1-12H3. The third kappa shape index (κ3) is 7.61. The van der Waals surface area contributed by atoms with Crippen LogP contribution in [0.3, 0.4) is 0 Å². The molecule has 3 heteroatoms. The molecule has 268 valence electrons. The fourth-order valence-corrected chi connectivity index (χ4v) is 7.06. The van der Waals surface area contributed by atoms with Crippen LogP contribution in [0.4, 0.5) is 0 Å². The van der Waals surface area contributed by atoms with Gasteiger partial charge in [-0.2, -0.15) is 0 Å². The van der Waals surface area contributed by atoms with E-state index >= 15 is 0 Å². The summed E-state index contributed by atoms with van der Waals surface area (Å²) in [6.45, 7) is 27.8. The minimum atomic E-state index is -0.570. The van der Waals surface area contributed by atoms with Gasteiger partial charge in [-0.3, -0.25) is 0 Å². The topological polar surface area (TPSA) is 38.7 Å². The van der Waals surface area contributed by atoms with Gasteiger partial charge >= 0.3 is 0 Å². The van der Waals surface area contributed by atoms with Crippen LogP contribution in [0.1, 0.15) is 123 Å². The quantitative estimate of drug-likeness (QED) is 0.185. The van der Waals surface area contributed by atoms with Crippen LogP contribution in [0, 0.1) is 5.41 Å². The van der Waals surface area contributed by atoms with E-state index < -0.39 is 5.41 Å². The summed E-state index contributed by atoms with van der Waals surface area (Å²) in [6.07, 6.45) is 5.68. The first-order valence-corrected chi connectivity index (χ1v) is 18.8. The molecule has 1 unspecified atom stereocenters. The fourth-order valence-electron chi connectivity index (χ4n) is 7.06. The zero-order chi connectivity index (χ0) is 37.7. The lowest BCUT2D eigenvalue weighted by atomic mass is 9.59. The van der Waals surface area contributed by atoms with Gasteiger partial charge in [-0.05, 0) is 67.0 Å². The average molecular weight is 688 g/mol. The van der Waals surface area contributed by atoms with Crippen LogP contribution in [-0.4, -0.2) is 15.0 Å². The van der Waals surface area contributed by atoms with Gasteiger partial charge in [0, 0.05) is 11.1 Å². The maximum Gasteiger partial charge on any atom is 0.163 e. The second kappa shape index (κ2) is 13.4. The van der Waals surface area contributed by atoms with Gasteiger partial charge in [0.25, 0.3) is 0 Å². The molecule has 0 bridgehead atoms. The van der Waals surface area contributed by atoms with Crippen LogP contribution < -0.4 is 0 Å². The van der Waals surface area contributed by atoms with Crippen LogP contribution in [0.25, 0.3) is 33.9 Å². The number of allylic oxidation sites excluding steroid dienone is 4. The Balaban J connectivity index is 1.69. The van der Waals surface area contributed by atoms with E-state index in [1.54, 1.807) is 0 Å². The first-order valence-electron chi connectivity index (χ1n) is 18.8. The van der Waals surface area contributed by atoms with Crippen molar-refractivity contribution >= 4 is 11.1 Å². The molecule has 0 amide bonds. The van der Waals surface area contributed by atoms with Crippen molar-refractivity contribution in [2.45, 2.75) is 111 Å². The monoisotopic (exact) mass is 687 g/mol. The van der Waals surface area contributed by atoms with Crippen molar-refractivity contribution in [3.05, 3.63) is 149 Å². The fraction of sp³-hybridized carbons (Fsp3) is 0.367. The average Bonchev–Trinajstić information content (AvgIpc) is 3.10. The van der Waals surface area contributed by atoms with E-state index in [9.17, 15) is 0 Å². The van der Waals surface area contributed by atoms with Crippen LogP contribution in [0.5, 0.6) is 0 Å². The molecule has 1 aliphatic rings. The third-order valence-corrected chi connectivity index (χ3v) is 10.7. The van der Waals surface area contributed by atoms with Gasteiger partial charge in [-0.15, -0.1) is 0 Å². The van der Waals surface area contributed by atoms with Crippen molar-refractivity contribution in [2.24, 2.45) is 5.41 Å². The summed E-state index contributed by atoms with van der Waals surface area (Å²) in [5.74, 6) is 2.18. The van der Waals surface area contributed by atoms with Crippen molar-refractivity contribution in [3.8, 4) is 22.8 Å². The number of hydrogen-bond acceptors (Lipinski definition) is 3. The van der Waals surface area contributed by atoms with Crippen LogP contribution in [0.15, 0.2) is 115 Å². The summed E-state index contributed by atoms with van der Waals surface area (Å²) in [5, 5.41) is 0. The highest BCUT2D eigenvalue weighted by atomic mass is 15.0. The van der Waals surface area contributed by atoms with Crippen LogP contribution in [-0.2, 0) is 21.7 Å². The molecule has 5 aromatic rings. The number of aromatic nitrogens is 3. The second-order valence-corrected chi connectivity index (χ2v) is 18.8. The molecule has 4 aromatic carbocycles. The van der Waals surface area contributed by atoms with Crippen molar-refractivity contribution in [3.63, 3.8) is 0 Å². The molecule has 52 heavy (non-hydrogen) atoms. The van der Waals surface area contributed by atoms with Crippen molar-refractivity contribution in [1.82, 2.24) is 15.0 Å². The predicted molar refractivity (Wildman–Crippen MR) is 221 cm³/mol. The Labute approximate surface area is 313 Å². The van der Waals surface area contributed by atoms with Gasteiger partial charge in [0.05, 0.1) is 5.41 Å². The molecule has 0 saturated heterocycles. The Kier molecular flexibility index (Phi) is 9.58. The lowest BCUT2D eigenvalue weighted by molar-refractivity contribution is 0.229. The van der Waals surface area contributed by atoms with E-state index in [4.69, 9.17) is 15.0 Å². The van der Waals surface area contributed by atoms with Crippen LogP contribution in [0.2, 0.25) is 0 Å². The van der Waals surface area contributed by atoms with Gasteiger partial charge in [0.1, 0.15) is 5.82 Å². The summed E-state index contributed by atoms with van der Waals surface area (Å²) in [4.78, 5) is 15.9. The van der Waals surface area contributed by atoms with Gasteiger partial charge in [-0.25, -0.2) is 15.0 Å². The largest absolute Gasteiger partial charge is 0.212 e. The number of benzene rings is 4. The van der Waals surface area contributed by atoms with Gasteiger partial charge < -0.3 is 0 Å². The molecule has 1 aliphatic carbocycles. The molecule has 0 fully saturated rings. The van der Waals surface area contributed by atoms with Crippen molar-refractivity contribution in [1.29, 1.82) is 0 Å². The van der Waals surface area contributed by atoms with E-state index in [1.807, 2.05) is 12.1 Å². The number of nitrogens with zero attached hydrogens (tertiary/aromatic N) is 3. The van der Waals surface area contributed by atoms with Gasteiger partial charge in [0.2, 0.25) is 0 Å². The van der Waals surface area contributed by atoms with Gasteiger partial charge in [0.15, 0.2) is 11.6 Å². The van der Waals surface area contributed by atoms with Gasteiger partial charge in [-0.1, -0.05) is 198 Å². The summed E-state index contributed by atoms with van der Waals surface area (Å²) in [5.41, 5.74) is 10.1. The van der Waals surface area contributed by atoms with E-state index in [0.717, 1.165) is 23.4 Å². The van der Waals surface area contributed by atoms with Crippen LogP contribution >= 0.6 is 0 Å². The third-order valence-electron chi connectivity index (χ3n) is 10.7. The van der Waals surface area contributed by atoms with E-state index in [1.165, 1.54) is 39.0 Å². The summed E-state index contributed by atoms with van der Waals surface area (Å²) in [7, 11) is 0. The molecular weight excluding hydrogens is 631 g/mol. The van der Waals surface area contributed by atoms with Crippen molar-refractivity contribution < 1.29 is 0 Å². The Hall–Kier alpha value is -4.63. The highest BCUT2D eigenvalue weighted by Gasteiger charge is 2.47. The molecule has 1 aromatic heterocycles. The minimum absolute atomic E-state index is 0.00452. The smallest absolute Gasteiger partial charge is 0.163 e. The Morgan fingerprint density at radius 1 is 0.462 bits per heavy atom. The number of rotatable bonds is 5. The molecule has 3 nitrogen and oxygen atoms in total. The predicted octanol–water partition coefficient (Wildman–Crippen LogP) is 13.0. The molecule has 6 rings (SSSR count). The SMILES string of the molecule is CC(C)(C)c1cccc(C2=CC(c3nc(-c4ccccc4)nc(-c4ccccc4)n3)(C(C)(C)C)CC(c3cc(C(C)(C)C)cc(C(C)(C)C)c3)=C2)c1. The summed E-state index contributed by atoms with van der Waals surface area (Å²) < 4.78 is 0. The first kappa shape index (κ1) is 37.1. The van der Waals surface area contributed by atoms with E-state index in [-0.39, 0.29) is 21.7 Å². The molecule has 1 heterocycles. The van der Waals surface area contributed by atoms with E-state index in [0.29, 0.717) is 11.6 Å². The summed E-state index contributed by atoms with van der Waals surface area (Å²) >= 11 is 0. The summed E-state index contributed by atoms with van der Waals surface area (Å²) in [6, 6.07) is 37.0. The molecule has 0 radical (unpaired) electrons. The molecule has 0 N–H and O–H groups in total. The molecular formula is C49H57N3. The maximum absolute atomic E-state index is 5.42. The minimum Gasteiger partial charge on any atom is -0.212 e. The molecule has 1 atom stereocenters. The first-order chi connectivity index (χ1) is 24.2. The Bertz CT molecular complexity index is 2040. The lowest BCUT2D eigenvalue weighted by Gasteiger charge is -2.45. The second-order valence-electron chi connectivity index (χ2n) is 18.8. The zero-order valence-electron chi connectivity index (χ0n) is 33.5. The highest BCUT2D eigenvalue weighted by molar-refractivity contribution is 5.88. The highest BCUT2D eigenvalue weighted by Crippen LogP contribution is 2.53. The number of hydrogen-bond donors (Lipinski definition) is 0. The Morgan fingerprint density at radius 2 is 0.923 bits per heavy atom. The molecule has 0 saturated carbocycles. The lowest BCUT2D eigenvalue weighted by Crippen LogP contribution is -2.42. The zero-order valence-corrected chi connectivity index (χ0v) is 33.5. The molecule has 0 spiro atoms. The Morgan fingerprint density at radius 3 is 1.38 bits per heavy atom. The normalized spacial score (nSPS) is 17.1.